The zero-order chi connectivity index (χ0) is 18.7. The number of benzene rings is 1. The number of nitrogens with zero attached hydrogens (tertiary/aromatic N) is 1. The lowest BCUT2D eigenvalue weighted by Gasteiger charge is -2.56. The van der Waals surface area contributed by atoms with Crippen molar-refractivity contribution in [3.05, 3.63) is 48.3 Å². The van der Waals surface area contributed by atoms with Crippen molar-refractivity contribution in [3.63, 3.8) is 0 Å². The van der Waals surface area contributed by atoms with Crippen molar-refractivity contribution in [2.24, 2.45) is 17.8 Å². The molecule has 4 bridgehead atoms. The normalized spacial score (nSPS) is 31.2. The van der Waals surface area contributed by atoms with E-state index in [2.05, 4.69) is 33.5 Å². The molecule has 2 heterocycles. The van der Waals surface area contributed by atoms with Crippen LogP contribution in [0.1, 0.15) is 44.2 Å². The Bertz CT molecular complexity index is 1070. The van der Waals surface area contributed by atoms with Gasteiger partial charge in [0.25, 0.3) is 0 Å². The van der Waals surface area contributed by atoms with Gasteiger partial charge >= 0.3 is 0 Å². The highest BCUT2D eigenvalue weighted by molar-refractivity contribution is 6.07. The Morgan fingerprint density at radius 1 is 1.04 bits per heavy atom. The summed E-state index contributed by atoms with van der Waals surface area (Å²) in [5.74, 6) is 2.53. The van der Waals surface area contributed by atoms with Gasteiger partial charge in [0.1, 0.15) is 0 Å². The van der Waals surface area contributed by atoms with Crippen molar-refractivity contribution in [3.8, 4) is 0 Å². The van der Waals surface area contributed by atoms with Gasteiger partial charge in [-0.3, -0.25) is 9.78 Å². The Morgan fingerprint density at radius 3 is 2.50 bits per heavy atom. The lowest BCUT2D eigenvalue weighted by molar-refractivity contribution is -0.122. The fourth-order valence-corrected chi connectivity index (χ4v) is 6.59. The van der Waals surface area contributed by atoms with Crippen LogP contribution in [0.3, 0.4) is 0 Å². The number of carbonyl (C=O) groups is 1. The first-order valence-corrected chi connectivity index (χ1v) is 10.5. The number of nitrogens with one attached hydrogen (secondary N) is 2. The number of carbonyl (C=O) groups excluding carboxylic acids is 1. The molecule has 7 rings (SSSR count). The Morgan fingerprint density at radius 2 is 1.75 bits per heavy atom. The second-order valence-electron chi connectivity index (χ2n) is 9.35. The number of fused-ring (bicyclic) bond motifs is 3. The number of rotatable bonds is 3. The SMILES string of the molecule is O=C(/C=C/c1cc2c(cn1)[nH]c1ccccc12)NC12CC3CC(CC(C3)C1)C2. The fraction of sp³-hybridized carbons (Fsp3) is 0.417. The molecule has 0 unspecified atom stereocenters. The average molecular weight is 371 g/mol. The first-order valence-electron chi connectivity index (χ1n) is 10.5. The van der Waals surface area contributed by atoms with Crippen molar-refractivity contribution < 1.29 is 4.79 Å². The van der Waals surface area contributed by atoms with Crippen LogP contribution < -0.4 is 5.32 Å². The van der Waals surface area contributed by atoms with Crippen LogP contribution in [0.4, 0.5) is 0 Å². The number of pyridine rings is 1. The van der Waals surface area contributed by atoms with Crippen LogP contribution >= 0.6 is 0 Å². The molecule has 4 aliphatic carbocycles. The number of aromatic nitrogens is 2. The number of hydrogen-bond donors (Lipinski definition) is 2. The van der Waals surface area contributed by atoms with E-state index in [0.29, 0.717) is 0 Å². The van der Waals surface area contributed by atoms with E-state index in [4.69, 9.17) is 0 Å². The summed E-state index contributed by atoms with van der Waals surface area (Å²) < 4.78 is 0. The monoisotopic (exact) mass is 371 g/mol. The molecule has 1 aromatic carbocycles. The van der Waals surface area contributed by atoms with Gasteiger partial charge in [-0.2, -0.15) is 0 Å². The third-order valence-corrected chi connectivity index (χ3v) is 7.24. The van der Waals surface area contributed by atoms with Crippen molar-refractivity contribution >= 4 is 33.8 Å². The van der Waals surface area contributed by atoms with E-state index >= 15 is 0 Å². The summed E-state index contributed by atoms with van der Waals surface area (Å²) in [5.41, 5.74) is 3.01. The lowest BCUT2D eigenvalue weighted by Crippen LogP contribution is -2.59. The molecule has 4 fully saturated rings. The molecule has 4 saturated carbocycles. The van der Waals surface area contributed by atoms with Crippen LogP contribution in [0, 0.1) is 17.8 Å². The third-order valence-electron chi connectivity index (χ3n) is 7.24. The third kappa shape index (κ3) is 2.66. The summed E-state index contributed by atoms with van der Waals surface area (Å²) in [7, 11) is 0. The molecule has 0 radical (unpaired) electrons. The summed E-state index contributed by atoms with van der Waals surface area (Å²) in [5, 5.41) is 5.73. The van der Waals surface area contributed by atoms with E-state index in [-0.39, 0.29) is 11.4 Å². The van der Waals surface area contributed by atoms with Crippen LogP contribution in [0.25, 0.3) is 27.9 Å². The van der Waals surface area contributed by atoms with E-state index in [1.165, 1.54) is 43.9 Å². The molecule has 28 heavy (non-hydrogen) atoms. The van der Waals surface area contributed by atoms with Gasteiger partial charge in [0.05, 0.1) is 17.4 Å². The quantitative estimate of drug-likeness (QED) is 0.649. The highest BCUT2D eigenvalue weighted by Crippen LogP contribution is 2.55. The zero-order valence-corrected chi connectivity index (χ0v) is 15.9. The Labute approximate surface area is 164 Å². The summed E-state index contributed by atoms with van der Waals surface area (Å²) in [6.45, 7) is 0. The van der Waals surface area contributed by atoms with Gasteiger partial charge in [-0.05, 0) is 74.5 Å². The fourth-order valence-electron chi connectivity index (χ4n) is 6.59. The summed E-state index contributed by atoms with van der Waals surface area (Å²) in [6.07, 6.45) is 13.1. The minimum Gasteiger partial charge on any atom is -0.353 e. The van der Waals surface area contributed by atoms with Gasteiger partial charge in [-0.25, -0.2) is 0 Å². The predicted molar refractivity (Wildman–Crippen MR) is 112 cm³/mol. The number of aromatic amines is 1. The maximum absolute atomic E-state index is 12.7. The van der Waals surface area contributed by atoms with Gasteiger partial charge in [-0.1, -0.05) is 18.2 Å². The summed E-state index contributed by atoms with van der Waals surface area (Å²) >= 11 is 0. The van der Waals surface area contributed by atoms with E-state index in [9.17, 15) is 4.79 Å². The van der Waals surface area contributed by atoms with E-state index in [1.807, 2.05) is 24.4 Å². The molecule has 142 valence electrons. The molecule has 4 heteroatoms. The van der Waals surface area contributed by atoms with E-state index < -0.39 is 0 Å². The standard InChI is InChI=1S/C24H25N3O/c28-23(27-24-11-15-7-16(12-24)9-17(8-15)13-24)6-5-18-10-20-19-3-1-2-4-21(19)26-22(20)14-25-18/h1-6,10,14-17,26H,7-9,11-13H2,(H,27,28)/b6-5+. The van der Waals surface area contributed by atoms with Crippen molar-refractivity contribution in [2.75, 3.05) is 0 Å². The van der Waals surface area contributed by atoms with Gasteiger partial charge in [0.2, 0.25) is 5.91 Å². The van der Waals surface area contributed by atoms with Crippen LogP contribution in [-0.4, -0.2) is 21.4 Å². The average Bonchev–Trinajstić information content (AvgIpc) is 3.03. The second kappa shape index (κ2) is 5.94. The molecular formula is C24H25N3O. The topological polar surface area (TPSA) is 57.8 Å². The van der Waals surface area contributed by atoms with Gasteiger partial charge in [-0.15, -0.1) is 0 Å². The first kappa shape index (κ1) is 16.3. The van der Waals surface area contributed by atoms with E-state index in [1.54, 1.807) is 6.08 Å². The molecule has 0 spiro atoms. The molecule has 2 N–H and O–H groups in total. The zero-order valence-electron chi connectivity index (χ0n) is 15.9. The second-order valence-corrected chi connectivity index (χ2v) is 9.35. The van der Waals surface area contributed by atoms with Crippen LogP contribution in [0.2, 0.25) is 0 Å². The minimum absolute atomic E-state index is 0.0303. The highest BCUT2D eigenvalue weighted by Gasteiger charge is 2.51. The summed E-state index contributed by atoms with van der Waals surface area (Å²) in [4.78, 5) is 20.6. The number of para-hydroxylation sites is 1. The van der Waals surface area contributed by atoms with Crippen LogP contribution in [0.15, 0.2) is 42.6 Å². The number of hydrogen-bond acceptors (Lipinski definition) is 2. The maximum Gasteiger partial charge on any atom is 0.244 e. The Kier molecular flexibility index (Phi) is 3.47. The van der Waals surface area contributed by atoms with Gasteiger partial charge < -0.3 is 10.3 Å². The van der Waals surface area contributed by atoms with Crippen molar-refractivity contribution in [2.45, 2.75) is 44.1 Å². The molecular weight excluding hydrogens is 346 g/mol. The largest absolute Gasteiger partial charge is 0.353 e. The lowest BCUT2D eigenvalue weighted by atomic mass is 9.53. The van der Waals surface area contributed by atoms with Crippen molar-refractivity contribution in [1.29, 1.82) is 0 Å². The molecule has 0 atom stereocenters. The van der Waals surface area contributed by atoms with Gasteiger partial charge in [0, 0.05) is 27.9 Å². The van der Waals surface area contributed by atoms with Crippen molar-refractivity contribution in [1.82, 2.24) is 15.3 Å². The van der Waals surface area contributed by atoms with Crippen LogP contribution in [0.5, 0.6) is 0 Å². The molecule has 4 aliphatic rings. The first-order chi connectivity index (χ1) is 13.7. The molecule has 2 aromatic heterocycles. The molecule has 3 aromatic rings. The predicted octanol–water partition coefficient (Wildman–Crippen LogP) is 4.81. The Hall–Kier alpha value is -2.62. The van der Waals surface area contributed by atoms with Crippen LogP contribution in [-0.2, 0) is 4.79 Å². The smallest absolute Gasteiger partial charge is 0.244 e. The summed E-state index contributed by atoms with van der Waals surface area (Å²) in [6, 6.07) is 10.3. The number of amides is 1. The number of H-pyrrole nitrogens is 1. The Balaban J connectivity index is 1.23. The molecule has 0 aliphatic heterocycles. The molecule has 0 saturated heterocycles. The maximum atomic E-state index is 12.7. The highest BCUT2D eigenvalue weighted by atomic mass is 16.1. The van der Waals surface area contributed by atoms with Gasteiger partial charge in [0.15, 0.2) is 0 Å². The minimum atomic E-state index is 0.0303. The molecule has 4 nitrogen and oxygen atoms in total. The van der Waals surface area contributed by atoms with E-state index in [0.717, 1.165) is 39.9 Å². The molecule has 1 amide bonds.